The highest BCUT2D eigenvalue weighted by atomic mass is 19.1. The Hall–Kier alpha value is -3.65. The molecule has 0 aliphatic carbocycles. The second-order valence-corrected chi connectivity index (χ2v) is 6.54. The molecule has 4 aromatic carbocycles. The summed E-state index contributed by atoms with van der Waals surface area (Å²) in [5.41, 5.74) is 6.04. The monoisotopic (exact) mass is 366 g/mol. The first-order valence-electron chi connectivity index (χ1n) is 9.13. The predicted molar refractivity (Wildman–Crippen MR) is 112 cm³/mol. The predicted octanol–water partition coefficient (Wildman–Crippen LogP) is 6.54. The summed E-state index contributed by atoms with van der Waals surface area (Å²) in [6.07, 6.45) is 0. The molecule has 0 aliphatic rings. The van der Waals surface area contributed by atoms with E-state index in [0.29, 0.717) is 0 Å². The Morgan fingerprint density at radius 3 is 1.25 bits per heavy atom. The van der Waals surface area contributed by atoms with E-state index in [2.05, 4.69) is 24.3 Å². The summed E-state index contributed by atoms with van der Waals surface area (Å²) < 4.78 is 13.6. The molecule has 0 amide bonds. The first-order valence-corrected chi connectivity index (χ1v) is 9.13. The fraction of sp³-hybridized carbons (Fsp3) is 0. The number of rotatable bonds is 4. The highest BCUT2D eigenvalue weighted by Crippen LogP contribution is 2.37. The third-order valence-electron chi connectivity index (χ3n) is 4.66. The Morgan fingerprint density at radius 2 is 0.821 bits per heavy atom. The number of hydrogen-bond acceptors (Lipinski definition) is 1. The summed E-state index contributed by atoms with van der Waals surface area (Å²) in [6, 6.07) is 34.0. The lowest BCUT2D eigenvalue weighted by Gasteiger charge is -2.18. The Kier molecular flexibility index (Phi) is 5.03. The molecule has 4 rings (SSSR count). The first-order chi connectivity index (χ1) is 13.7. The molecule has 4 aromatic rings. The number of benzene rings is 4. The van der Waals surface area contributed by atoms with Crippen molar-refractivity contribution in [3.05, 3.63) is 137 Å². The standard InChI is InChI=1S/C26H19FO/c27-23-15-11-21(12-16-23)26(22-13-17-24(28)18-14-22)25(19-7-3-1-4-8-19)20-9-5-2-6-10-20/h1-18,28H. The van der Waals surface area contributed by atoms with E-state index in [1.54, 1.807) is 24.3 Å². The van der Waals surface area contributed by atoms with Crippen molar-refractivity contribution in [2.45, 2.75) is 0 Å². The number of aromatic hydroxyl groups is 1. The molecule has 0 saturated carbocycles. The fourth-order valence-electron chi connectivity index (χ4n) is 3.36. The molecule has 0 bridgehead atoms. The summed E-state index contributed by atoms with van der Waals surface area (Å²) in [5, 5.41) is 9.75. The normalized spacial score (nSPS) is 10.5. The molecule has 1 nitrogen and oxygen atoms in total. The van der Waals surface area contributed by atoms with Crippen LogP contribution in [0.5, 0.6) is 5.75 Å². The van der Waals surface area contributed by atoms with Gasteiger partial charge in [-0.15, -0.1) is 0 Å². The van der Waals surface area contributed by atoms with Gasteiger partial charge in [-0.25, -0.2) is 4.39 Å². The summed E-state index contributed by atoms with van der Waals surface area (Å²) in [4.78, 5) is 0. The highest BCUT2D eigenvalue weighted by molar-refractivity contribution is 6.04. The molecule has 2 heteroatoms. The summed E-state index contributed by atoms with van der Waals surface area (Å²) in [7, 11) is 0. The van der Waals surface area contributed by atoms with Crippen LogP contribution >= 0.6 is 0 Å². The Labute approximate surface area is 164 Å². The summed E-state index contributed by atoms with van der Waals surface area (Å²) in [5.74, 6) is -0.0574. The van der Waals surface area contributed by atoms with E-state index in [4.69, 9.17) is 0 Å². The van der Waals surface area contributed by atoms with Crippen molar-refractivity contribution in [3.8, 4) is 5.75 Å². The van der Waals surface area contributed by atoms with Crippen LogP contribution in [0.1, 0.15) is 22.3 Å². The average molecular weight is 366 g/mol. The zero-order valence-corrected chi connectivity index (χ0v) is 15.2. The topological polar surface area (TPSA) is 20.2 Å². The van der Waals surface area contributed by atoms with Crippen LogP contribution in [-0.4, -0.2) is 5.11 Å². The van der Waals surface area contributed by atoms with Crippen LogP contribution in [0.3, 0.4) is 0 Å². The van der Waals surface area contributed by atoms with Crippen molar-refractivity contribution in [1.29, 1.82) is 0 Å². The molecule has 0 fully saturated rings. The van der Waals surface area contributed by atoms with Gasteiger partial charge in [-0.2, -0.15) is 0 Å². The lowest BCUT2D eigenvalue weighted by Crippen LogP contribution is -1.97. The molecule has 136 valence electrons. The molecule has 0 aromatic heterocycles. The molecule has 0 spiro atoms. The van der Waals surface area contributed by atoms with Crippen LogP contribution in [0.4, 0.5) is 4.39 Å². The molecule has 0 saturated heterocycles. The van der Waals surface area contributed by atoms with Gasteiger partial charge in [0.2, 0.25) is 0 Å². The Bertz CT molecular complexity index is 992. The second kappa shape index (κ2) is 7.93. The van der Waals surface area contributed by atoms with Gasteiger partial charge < -0.3 is 5.11 Å². The molecular formula is C26H19FO. The van der Waals surface area contributed by atoms with Gasteiger partial charge in [-0.05, 0) is 57.7 Å². The maximum atomic E-state index is 13.6. The minimum Gasteiger partial charge on any atom is -0.508 e. The molecular weight excluding hydrogens is 347 g/mol. The van der Waals surface area contributed by atoms with Crippen molar-refractivity contribution < 1.29 is 9.50 Å². The van der Waals surface area contributed by atoms with Gasteiger partial charge in [0, 0.05) is 0 Å². The molecule has 0 unspecified atom stereocenters. The van der Waals surface area contributed by atoms with E-state index in [1.165, 1.54) is 12.1 Å². The maximum Gasteiger partial charge on any atom is 0.123 e. The van der Waals surface area contributed by atoms with Crippen molar-refractivity contribution in [3.63, 3.8) is 0 Å². The van der Waals surface area contributed by atoms with Crippen LogP contribution in [0.25, 0.3) is 11.1 Å². The third-order valence-corrected chi connectivity index (χ3v) is 4.66. The first kappa shape index (κ1) is 17.7. The van der Waals surface area contributed by atoms with Gasteiger partial charge in [0.15, 0.2) is 0 Å². The Morgan fingerprint density at radius 1 is 0.464 bits per heavy atom. The second-order valence-electron chi connectivity index (χ2n) is 6.54. The van der Waals surface area contributed by atoms with Crippen LogP contribution < -0.4 is 0 Å². The SMILES string of the molecule is Oc1ccc(C(=C(c2ccccc2)c2ccccc2)c2ccc(F)cc2)cc1. The van der Waals surface area contributed by atoms with Crippen molar-refractivity contribution in [1.82, 2.24) is 0 Å². The van der Waals surface area contributed by atoms with Crippen LogP contribution in [0.15, 0.2) is 109 Å². The number of phenolic OH excluding ortho intramolecular Hbond substituents is 1. The molecule has 1 N–H and O–H groups in total. The van der Waals surface area contributed by atoms with E-state index in [-0.39, 0.29) is 11.6 Å². The average Bonchev–Trinajstić information content (AvgIpc) is 2.75. The van der Waals surface area contributed by atoms with E-state index >= 15 is 0 Å². The Balaban J connectivity index is 2.08. The van der Waals surface area contributed by atoms with Gasteiger partial charge in [0.25, 0.3) is 0 Å². The molecule has 0 atom stereocenters. The smallest absolute Gasteiger partial charge is 0.123 e. The highest BCUT2D eigenvalue weighted by Gasteiger charge is 2.16. The lowest BCUT2D eigenvalue weighted by atomic mass is 9.86. The van der Waals surface area contributed by atoms with Crippen LogP contribution in [0.2, 0.25) is 0 Å². The summed E-state index contributed by atoms with van der Waals surface area (Å²) in [6.45, 7) is 0. The van der Waals surface area contributed by atoms with Crippen molar-refractivity contribution in [2.24, 2.45) is 0 Å². The fourth-order valence-corrected chi connectivity index (χ4v) is 3.36. The zero-order valence-electron chi connectivity index (χ0n) is 15.2. The zero-order chi connectivity index (χ0) is 19.3. The van der Waals surface area contributed by atoms with Gasteiger partial charge in [-0.3, -0.25) is 0 Å². The molecule has 0 heterocycles. The van der Waals surface area contributed by atoms with Crippen LogP contribution in [-0.2, 0) is 0 Å². The number of halogens is 1. The van der Waals surface area contributed by atoms with Crippen molar-refractivity contribution >= 4 is 11.1 Å². The van der Waals surface area contributed by atoms with E-state index < -0.39 is 0 Å². The minimum absolute atomic E-state index is 0.211. The van der Waals surface area contributed by atoms with Gasteiger partial charge >= 0.3 is 0 Å². The van der Waals surface area contributed by atoms with Gasteiger partial charge in [0.1, 0.15) is 11.6 Å². The quantitative estimate of drug-likeness (QED) is 0.407. The largest absolute Gasteiger partial charge is 0.508 e. The van der Waals surface area contributed by atoms with Crippen LogP contribution in [0, 0.1) is 5.82 Å². The van der Waals surface area contributed by atoms with E-state index in [1.807, 2.05) is 48.5 Å². The number of hydrogen-bond donors (Lipinski definition) is 1. The van der Waals surface area contributed by atoms with E-state index in [9.17, 15) is 9.50 Å². The van der Waals surface area contributed by atoms with Gasteiger partial charge in [0.05, 0.1) is 0 Å². The minimum atomic E-state index is -0.269. The maximum absolute atomic E-state index is 13.6. The summed E-state index contributed by atoms with van der Waals surface area (Å²) >= 11 is 0. The molecule has 0 aliphatic heterocycles. The number of phenols is 1. The third kappa shape index (κ3) is 3.72. The molecule has 0 radical (unpaired) electrons. The van der Waals surface area contributed by atoms with Crippen molar-refractivity contribution in [2.75, 3.05) is 0 Å². The lowest BCUT2D eigenvalue weighted by molar-refractivity contribution is 0.475. The van der Waals surface area contributed by atoms with E-state index in [0.717, 1.165) is 33.4 Å². The van der Waals surface area contributed by atoms with Gasteiger partial charge in [-0.1, -0.05) is 84.9 Å². The molecule has 28 heavy (non-hydrogen) atoms.